The molecule has 0 fully saturated rings. The number of fused-ring (bicyclic) bond motifs is 1. The number of hydrogen-bond acceptors (Lipinski definition) is 3. The normalized spacial score (nSPS) is 10.9. The Morgan fingerprint density at radius 2 is 2.24 bits per heavy atom. The molecule has 0 atom stereocenters. The Bertz CT molecular complexity index is 662. The smallest absolute Gasteiger partial charge is 0.262 e. The highest BCUT2D eigenvalue weighted by molar-refractivity contribution is 7.71. The lowest BCUT2D eigenvalue weighted by Gasteiger charge is -2.07. The molecule has 1 aromatic heterocycles. The first-order chi connectivity index (χ1) is 8.13. The monoisotopic (exact) mass is 253 g/mol. The van der Waals surface area contributed by atoms with Gasteiger partial charge in [0.05, 0.1) is 10.9 Å². The summed E-state index contributed by atoms with van der Waals surface area (Å²) in [5, 5.41) is 0.302. The van der Waals surface area contributed by atoms with Gasteiger partial charge in [-0.25, -0.2) is 4.39 Å². The summed E-state index contributed by atoms with van der Waals surface area (Å²) in [5.74, 6) is -0.439. The van der Waals surface area contributed by atoms with Crippen molar-refractivity contribution in [1.29, 1.82) is 0 Å². The van der Waals surface area contributed by atoms with Crippen LogP contribution in [0.15, 0.2) is 23.0 Å². The van der Waals surface area contributed by atoms with Crippen LogP contribution in [0.25, 0.3) is 10.9 Å². The summed E-state index contributed by atoms with van der Waals surface area (Å²) < 4.78 is 14.8. The number of aromatic amines is 1. The lowest BCUT2D eigenvalue weighted by Crippen LogP contribution is -2.23. The van der Waals surface area contributed by atoms with Crippen LogP contribution in [0.3, 0.4) is 0 Å². The Labute approximate surface area is 102 Å². The molecule has 2 aromatic rings. The van der Waals surface area contributed by atoms with Crippen LogP contribution in [0.5, 0.6) is 0 Å². The van der Waals surface area contributed by atoms with Crippen molar-refractivity contribution in [2.45, 2.75) is 13.0 Å². The maximum atomic E-state index is 13.1. The maximum Gasteiger partial charge on any atom is 0.262 e. The summed E-state index contributed by atoms with van der Waals surface area (Å²) in [4.78, 5) is 15.0. The molecule has 6 heteroatoms. The fourth-order valence-electron chi connectivity index (χ4n) is 1.68. The Hall–Kier alpha value is -1.53. The molecule has 0 aliphatic heterocycles. The second kappa shape index (κ2) is 4.77. The highest BCUT2D eigenvalue weighted by Gasteiger charge is 2.06. The van der Waals surface area contributed by atoms with Gasteiger partial charge in [0.1, 0.15) is 5.82 Å². The average molecular weight is 253 g/mol. The molecule has 90 valence electrons. The number of aromatic nitrogens is 2. The predicted molar refractivity (Wildman–Crippen MR) is 67.0 cm³/mol. The van der Waals surface area contributed by atoms with E-state index in [-0.39, 0.29) is 5.56 Å². The number of nitrogens with zero attached hydrogens (tertiary/aromatic N) is 1. The summed E-state index contributed by atoms with van der Waals surface area (Å²) in [6.07, 6.45) is 0.651. The van der Waals surface area contributed by atoms with Gasteiger partial charge < -0.3 is 10.7 Å². The zero-order valence-corrected chi connectivity index (χ0v) is 9.89. The Morgan fingerprint density at radius 1 is 1.47 bits per heavy atom. The van der Waals surface area contributed by atoms with Gasteiger partial charge in [0.25, 0.3) is 5.56 Å². The van der Waals surface area contributed by atoms with Crippen molar-refractivity contribution in [3.8, 4) is 0 Å². The van der Waals surface area contributed by atoms with E-state index in [1.165, 1.54) is 22.8 Å². The van der Waals surface area contributed by atoms with Gasteiger partial charge in [-0.1, -0.05) is 0 Å². The standard InChI is InChI=1S/C11H12FN3OS/c12-7-2-3-9-8(6-7)10(16)15(5-1-4-13)11(17)14-9/h2-3,6H,1,4-5,13H2,(H,14,17). The van der Waals surface area contributed by atoms with Gasteiger partial charge in [0.15, 0.2) is 4.77 Å². The van der Waals surface area contributed by atoms with Gasteiger partial charge in [0, 0.05) is 6.54 Å². The molecule has 0 bridgehead atoms. The van der Waals surface area contributed by atoms with Crippen LogP contribution in [0.1, 0.15) is 6.42 Å². The molecule has 1 heterocycles. The zero-order valence-electron chi connectivity index (χ0n) is 9.07. The second-order valence-corrected chi connectivity index (χ2v) is 4.11. The molecule has 1 aromatic carbocycles. The largest absolute Gasteiger partial charge is 0.332 e. The van der Waals surface area contributed by atoms with Crippen LogP contribution in [-0.2, 0) is 6.54 Å². The van der Waals surface area contributed by atoms with Crippen molar-refractivity contribution in [1.82, 2.24) is 9.55 Å². The van der Waals surface area contributed by atoms with E-state index >= 15 is 0 Å². The molecule has 0 saturated heterocycles. The van der Waals surface area contributed by atoms with E-state index in [1.807, 2.05) is 0 Å². The molecule has 0 spiro atoms. The topological polar surface area (TPSA) is 63.8 Å². The third kappa shape index (κ3) is 2.27. The molecule has 2 rings (SSSR count). The average Bonchev–Trinajstić information content (AvgIpc) is 2.30. The molecule has 0 unspecified atom stereocenters. The van der Waals surface area contributed by atoms with E-state index in [4.69, 9.17) is 18.0 Å². The van der Waals surface area contributed by atoms with Crippen LogP contribution in [0.2, 0.25) is 0 Å². The highest BCUT2D eigenvalue weighted by atomic mass is 32.1. The molecule has 0 radical (unpaired) electrons. The zero-order chi connectivity index (χ0) is 12.4. The number of nitrogens with two attached hydrogens (primary N) is 1. The summed E-state index contributed by atoms with van der Waals surface area (Å²) in [6.45, 7) is 0.916. The van der Waals surface area contributed by atoms with Gasteiger partial charge in [-0.2, -0.15) is 0 Å². The minimum atomic E-state index is -0.439. The van der Waals surface area contributed by atoms with E-state index in [1.54, 1.807) is 0 Å². The lowest BCUT2D eigenvalue weighted by molar-refractivity contribution is 0.613. The third-order valence-electron chi connectivity index (χ3n) is 2.53. The minimum Gasteiger partial charge on any atom is -0.332 e. The van der Waals surface area contributed by atoms with Crippen LogP contribution < -0.4 is 11.3 Å². The molecular weight excluding hydrogens is 241 g/mol. The van der Waals surface area contributed by atoms with Gasteiger partial charge in [-0.15, -0.1) is 0 Å². The minimum absolute atomic E-state index is 0.281. The molecule has 0 saturated carbocycles. The SMILES string of the molecule is NCCCn1c(=S)[nH]c2ccc(F)cc2c1=O. The quantitative estimate of drug-likeness (QED) is 0.816. The molecule has 4 nitrogen and oxygen atoms in total. The van der Waals surface area contributed by atoms with Gasteiger partial charge in [0.2, 0.25) is 0 Å². The predicted octanol–water partition coefficient (Wildman–Crippen LogP) is 1.55. The van der Waals surface area contributed by atoms with Crippen molar-refractivity contribution in [3.63, 3.8) is 0 Å². The summed E-state index contributed by atoms with van der Waals surface area (Å²) in [6, 6.07) is 4.01. The van der Waals surface area contributed by atoms with Gasteiger partial charge >= 0.3 is 0 Å². The van der Waals surface area contributed by atoms with Gasteiger partial charge in [-0.05, 0) is 43.4 Å². The number of H-pyrrole nitrogens is 1. The number of halogens is 1. The van der Waals surface area contributed by atoms with E-state index < -0.39 is 5.82 Å². The molecule has 0 amide bonds. The lowest BCUT2D eigenvalue weighted by atomic mass is 10.2. The number of benzene rings is 1. The van der Waals surface area contributed by atoms with E-state index in [0.29, 0.717) is 35.2 Å². The Balaban J connectivity index is 2.69. The fourth-order valence-corrected chi connectivity index (χ4v) is 1.96. The maximum absolute atomic E-state index is 13.1. The molecule has 3 N–H and O–H groups in total. The van der Waals surface area contributed by atoms with Crippen molar-refractivity contribution in [3.05, 3.63) is 39.1 Å². The van der Waals surface area contributed by atoms with Crippen molar-refractivity contribution in [2.75, 3.05) is 6.54 Å². The summed E-state index contributed by atoms with van der Waals surface area (Å²) >= 11 is 5.09. The van der Waals surface area contributed by atoms with Crippen molar-refractivity contribution >= 4 is 23.1 Å². The van der Waals surface area contributed by atoms with E-state index in [2.05, 4.69) is 4.98 Å². The first-order valence-corrected chi connectivity index (χ1v) is 5.67. The molecule has 17 heavy (non-hydrogen) atoms. The number of rotatable bonds is 3. The van der Waals surface area contributed by atoms with E-state index in [0.717, 1.165) is 0 Å². The van der Waals surface area contributed by atoms with Crippen LogP contribution in [-0.4, -0.2) is 16.1 Å². The van der Waals surface area contributed by atoms with E-state index in [9.17, 15) is 9.18 Å². The molecule has 0 aliphatic carbocycles. The fraction of sp³-hybridized carbons (Fsp3) is 0.273. The first-order valence-electron chi connectivity index (χ1n) is 5.26. The van der Waals surface area contributed by atoms with Crippen LogP contribution in [0.4, 0.5) is 4.39 Å². The summed E-state index contributed by atoms with van der Waals surface area (Å²) in [5.41, 5.74) is 5.66. The van der Waals surface area contributed by atoms with Gasteiger partial charge in [-0.3, -0.25) is 9.36 Å². The third-order valence-corrected chi connectivity index (χ3v) is 2.85. The van der Waals surface area contributed by atoms with Crippen molar-refractivity contribution in [2.24, 2.45) is 5.73 Å². The number of nitrogens with one attached hydrogen (secondary N) is 1. The number of hydrogen-bond donors (Lipinski definition) is 2. The van der Waals surface area contributed by atoms with Crippen LogP contribution in [0, 0.1) is 10.6 Å². The first kappa shape index (κ1) is 11.9. The molecule has 0 aliphatic rings. The van der Waals surface area contributed by atoms with Crippen molar-refractivity contribution < 1.29 is 4.39 Å². The van der Waals surface area contributed by atoms with Crippen LogP contribution >= 0.6 is 12.2 Å². The summed E-state index contributed by atoms with van der Waals surface area (Å²) in [7, 11) is 0. The highest BCUT2D eigenvalue weighted by Crippen LogP contribution is 2.09. The molecular formula is C11H12FN3OS. The Kier molecular flexibility index (Phi) is 3.35. The Morgan fingerprint density at radius 3 is 2.94 bits per heavy atom. The second-order valence-electron chi connectivity index (χ2n) is 3.72.